The Bertz CT molecular complexity index is 401. The van der Waals surface area contributed by atoms with E-state index in [1.807, 2.05) is 24.3 Å². The maximum Gasteiger partial charge on any atom is 0.218 e. The molecular formula is C13H19N3O. The third-order valence-corrected chi connectivity index (χ3v) is 3.14. The summed E-state index contributed by atoms with van der Waals surface area (Å²) in [5, 5.41) is 0. The number of carbonyl (C=O) groups is 1. The van der Waals surface area contributed by atoms with E-state index in [1.54, 1.807) is 0 Å². The molecule has 17 heavy (non-hydrogen) atoms. The fraction of sp³-hybridized carbons (Fsp3) is 0.462. The molecule has 1 saturated carbocycles. The molecular weight excluding hydrogens is 214 g/mol. The first-order chi connectivity index (χ1) is 8.16. The van der Waals surface area contributed by atoms with Gasteiger partial charge in [-0.1, -0.05) is 18.2 Å². The van der Waals surface area contributed by atoms with Crippen LogP contribution in [0.25, 0.3) is 0 Å². The van der Waals surface area contributed by atoms with Crippen LogP contribution in [0.2, 0.25) is 0 Å². The molecule has 2 rings (SSSR count). The first-order valence-electron chi connectivity index (χ1n) is 6.02. The van der Waals surface area contributed by atoms with Crippen molar-refractivity contribution in [3.05, 3.63) is 29.8 Å². The minimum absolute atomic E-state index is 0.239. The van der Waals surface area contributed by atoms with Crippen molar-refractivity contribution in [2.24, 2.45) is 5.73 Å². The van der Waals surface area contributed by atoms with E-state index in [1.165, 1.54) is 12.8 Å². The lowest BCUT2D eigenvalue weighted by molar-refractivity contribution is -0.118. The average Bonchev–Trinajstić information content (AvgIpc) is 3.10. The average molecular weight is 233 g/mol. The number of nitrogens with two attached hydrogens (primary N) is 2. The van der Waals surface area contributed by atoms with Gasteiger partial charge in [-0.15, -0.1) is 0 Å². The smallest absolute Gasteiger partial charge is 0.218 e. The molecule has 1 fully saturated rings. The van der Waals surface area contributed by atoms with E-state index < -0.39 is 0 Å². The molecule has 0 saturated heterocycles. The van der Waals surface area contributed by atoms with Gasteiger partial charge < -0.3 is 11.5 Å². The monoisotopic (exact) mass is 233 g/mol. The van der Waals surface area contributed by atoms with Crippen LogP contribution >= 0.6 is 0 Å². The third-order valence-electron chi connectivity index (χ3n) is 3.14. The molecule has 1 aliphatic rings. The first-order valence-corrected chi connectivity index (χ1v) is 6.02. The van der Waals surface area contributed by atoms with Crippen LogP contribution in [-0.4, -0.2) is 23.4 Å². The van der Waals surface area contributed by atoms with Crippen molar-refractivity contribution < 1.29 is 4.79 Å². The lowest BCUT2D eigenvalue weighted by Gasteiger charge is -2.22. The summed E-state index contributed by atoms with van der Waals surface area (Å²) in [5.41, 5.74) is 13.1. The highest BCUT2D eigenvalue weighted by atomic mass is 16.1. The number of rotatable bonds is 6. The number of para-hydroxylation sites is 1. The Balaban J connectivity index is 1.97. The molecule has 4 N–H and O–H groups in total. The fourth-order valence-electron chi connectivity index (χ4n) is 1.98. The van der Waals surface area contributed by atoms with Gasteiger partial charge in [-0.25, -0.2) is 0 Å². The number of amides is 1. The Labute approximate surface area is 102 Å². The predicted molar refractivity (Wildman–Crippen MR) is 68.1 cm³/mol. The molecule has 1 aromatic rings. The van der Waals surface area contributed by atoms with Gasteiger partial charge in [0, 0.05) is 31.2 Å². The van der Waals surface area contributed by atoms with Gasteiger partial charge in [-0.05, 0) is 24.5 Å². The van der Waals surface area contributed by atoms with E-state index >= 15 is 0 Å². The standard InChI is InChI=1S/C13H19N3O/c14-12-4-2-1-3-10(12)9-16(11-5-6-11)8-7-13(15)17/h1-4,11H,5-9,14H2,(H2,15,17). The normalized spacial score (nSPS) is 15.1. The van der Waals surface area contributed by atoms with Crippen molar-refractivity contribution in [3.63, 3.8) is 0 Å². The topological polar surface area (TPSA) is 72.4 Å². The minimum atomic E-state index is -0.239. The van der Waals surface area contributed by atoms with Crippen molar-refractivity contribution in [3.8, 4) is 0 Å². The van der Waals surface area contributed by atoms with Crippen molar-refractivity contribution in [1.82, 2.24) is 4.90 Å². The van der Waals surface area contributed by atoms with E-state index in [4.69, 9.17) is 11.5 Å². The van der Waals surface area contributed by atoms with Crippen molar-refractivity contribution in [2.75, 3.05) is 12.3 Å². The Morgan fingerprint density at radius 2 is 2.06 bits per heavy atom. The van der Waals surface area contributed by atoms with Crippen LogP contribution in [0.4, 0.5) is 5.69 Å². The lowest BCUT2D eigenvalue weighted by atomic mass is 10.1. The fourth-order valence-corrected chi connectivity index (χ4v) is 1.98. The molecule has 0 unspecified atom stereocenters. The van der Waals surface area contributed by atoms with Crippen LogP contribution in [0.3, 0.4) is 0 Å². The second kappa shape index (κ2) is 5.19. The van der Waals surface area contributed by atoms with Crippen LogP contribution in [0, 0.1) is 0 Å². The van der Waals surface area contributed by atoms with Crippen molar-refractivity contribution in [2.45, 2.75) is 31.8 Å². The van der Waals surface area contributed by atoms with Crippen LogP contribution in [0.1, 0.15) is 24.8 Å². The zero-order chi connectivity index (χ0) is 12.3. The van der Waals surface area contributed by atoms with E-state index in [9.17, 15) is 4.79 Å². The molecule has 0 heterocycles. The van der Waals surface area contributed by atoms with E-state index in [0.717, 1.165) is 24.3 Å². The summed E-state index contributed by atoms with van der Waals surface area (Å²) >= 11 is 0. The van der Waals surface area contributed by atoms with Crippen LogP contribution in [0.5, 0.6) is 0 Å². The maximum absolute atomic E-state index is 10.8. The summed E-state index contributed by atoms with van der Waals surface area (Å²) in [6.07, 6.45) is 2.85. The summed E-state index contributed by atoms with van der Waals surface area (Å²) in [7, 11) is 0. The molecule has 0 aliphatic heterocycles. The molecule has 0 radical (unpaired) electrons. The van der Waals surface area contributed by atoms with Crippen LogP contribution in [0.15, 0.2) is 24.3 Å². The van der Waals surface area contributed by atoms with Gasteiger partial charge >= 0.3 is 0 Å². The molecule has 1 aliphatic carbocycles. The van der Waals surface area contributed by atoms with Gasteiger partial charge in [-0.3, -0.25) is 9.69 Å². The molecule has 92 valence electrons. The van der Waals surface area contributed by atoms with Gasteiger partial charge in [0.1, 0.15) is 0 Å². The largest absolute Gasteiger partial charge is 0.398 e. The zero-order valence-corrected chi connectivity index (χ0v) is 9.93. The number of carbonyl (C=O) groups excluding carboxylic acids is 1. The summed E-state index contributed by atoms with van der Waals surface area (Å²) in [6, 6.07) is 8.48. The second-order valence-electron chi connectivity index (χ2n) is 4.62. The van der Waals surface area contributed by atoms with Gasteiger partial charge in [0.25, 0.3) is 0 Å². The summed E-state index contributed by atoms with van der Waals surface area (Å²) < 4.78 is 0. The second-order valence-corrected chi connectivity index (χ2v) is 4.62. The van der Waals surface area contributed by atoms with Gasteiger partial charge in [0.2, 0.25) is 5.91 Å². The summed E-state index contributed by atoms with van der Waals surface area (Å²) in [6.45, 7) is 1.54. The van der Waals surface area contributed by atoms with E-state index in [0.29, 0.717) is 12.5 Å². The highest BCUT2D eigenvalue weighted by molar-refractivity contribution is 5.73. The van der Waals surface area contributed by atoms with Crippen molar-refractivity contribution >= 4 is 11.6 Å². The van der Waals surface area contributed by atoms with Gasteiger partial charge in [0.05, 0.1) is 0 Å². The highest BCUT2D eigenvalue weighted by Gasteiger charge is 2.29. The molecule has 1 aromatic carbocycles. The van der Waals surface area contributed by atoms with E-state index in [2.05, 4.69) is 4.90 Å². The number of nitrogen functional groups attached to an aromatic ring is 1. The van der Waals surface area contributed by atoms with Gasteiger partial charge in [-0.2, -0.15) is 0 Å². The number of anilines is 1. The number of benzene rings is 1. The maximum atomic E-state index is 10.8. The van der Waals surface area contributed by atoms with Crippen LogP contribution in [-0.2, 0) is 11.3 Å². The van der Waals surface area contributed by atoms with Gasteiger partial charge in [0.15, 0.2) is 0 Å². The lowest BCUT2D eigenvalue weighted by Crippen LogP contribution is -2.30. The molecule has 0 spiro atoms. The molecule has 0 bridgehead atoms. The number of hydrogen-bond donors (Lipinski definition) is 2. The van der Waals surface area contributed by atoms with Crippen molar-refractivity contribution in [1.29, 1.82) is 0 Å². The Morgan fingerprint density at radius 1 is 1.35 bits per heavy atom. The number of nitrogens with zero attached hydrogens (tertiary/aromatic N) is 1. The molecule has 0 aromatic heterocycles. The third kappa shape index (κ3) is 3.46. The SMILES string of the molecule is NC(=O)CCN(Cc1ccccc1N)C1CC1. The Hall–Kier alpha value is -1.55. The number of primary amides is 1. The summed E-state index contributed by atoms with van der Waals surface area (Å²) in [5.74, 6) is -0.239. The Morgan fingerprint density at radius 3 is 2.65 bits per heavy atom. The predicted octanol–water partition coefficient (Wildman–Crippen LogP) is 1.11. The number of hydrogen-bond acceptors (Lipinski definition) is 3. The minimum Gasteiger partial charge on any atom is -0.398 e. The molecule has 1 amide bonds. The van der Waals surface area contributed by atoms with Crippen LogP contribution < -0.4 is 11.5 Å². The highest BCUT2D eigenvalue weighted by Crippen LogP contribution is 2.29. The summed E-state index contributed by atoms with van der Waals surface area (Å²) in [4.78, 5) is 13.1. The first kappa shape index (κ1) is 11.9. The molecule has 4 nitrogen and oxygen atoms in total. The molecule has 0 atom stereocenters. The quantitative estimate of drug-likeness (QED) is 0.723. The van der Waals surface area contributed by atoms with E-state index in [-0.39, 0.29) is 5.91 Å². The molecule has 4 heteroatoms. The zero-order valence-electron chi connectivity index (χ0n) is 9.93. The Kier molecular flexibility index (Phi) is 3.64.